The normalized spacial score (nSPS) is 15.8. The van der Waals surface area contributed by atoms with E-state index in [1.807, 2.05) is 0 Å². The lowest BCUT2D eigenvalue weighted by atomic mass is 10.0. The molecule has 4 atom stereocenters. The van der Waals surface area contributed by atoms with E-state index in [0.29, 0.717) is 13.1 Å². The standard InChI is InChI=1S/C18H36N2O6/c1-3-5-7-9-11-19-17(25)15(23)13(21)14(22)16(24)18(26)20-12-10-8-6-4-2/h13-16,21-24H,3-12H2,1-2H3,(H,19,25)(H,20,26)/t13-,14-,15-,16+/m0/s1. The largest absolute Gasteiger partial charge is 0.387 e. The average Bonchev–Trinajstić information content (AvgIpc) is 2.64. The molecule has 26 heavy (non-hydrogen) atoms. The van der Waals surface area contributed by atoms with E-state index in [1.54, 1.807) is 0 Å². The van der Waals surface area contributed by atoms with Crippen LogP contribution in [0.3, 0.4) is 0 Å². The zero-order valence-electron chi connectivity index (χ0n) is 16.0. The van der Waals surface area contributed by atoms with Gasteiger partial charge in [-0.3, -0.25) is 9.59 Å². The molecule has 0 bridgehead atoms. The van der Waals surface area contributed by atoms with Gasteiger partial charge in [0.2, 0.25) is 0 Å². The van der Waals surface area contributed by atoms with Crippen LogP contribution in [-0.2, 0) is 9.59 Å². The molecule has 154 valence electrons. The molecule has 0 radical (unpaired) electrons. The maximum absolute atomic E-state index is 11.8. The minimum absolute atomic E-state index is 0.347. The highest BCUT2D eigenvalue weighted by Crippen LogP contribution is 2.07. The van der Waals surface area contributed by atoms with Crippen molar-refractivity contribution in [3.05, 3.63) is 0 Å². The van der Waals surface area contributed by atoms with Crippen molar-refractivity contribution < 1.29 is 30.0 Å². The molecule has 8 nitrogen and oxygen atoms in total. The molecule has 0 saturated carbocycles. The fraction of sp³-hybridized carbons (Fsp3) is 0.889. The zero-order valence-corrected chi connectivity index (χ0v) is 16.0. The van der Waals surface area contributed by atoms with Gasteiger partial charge in [0, 0.05) is 13.1 Å². The SMILES string of the molecule is CCCCCCNC(=O)[C@@H](O)[C@@H](O)[C@H](O)[C@@H](O)C(=O)NCCCCCC. The van der Waals surface area contributed by atoms with Gasteiger partial charge in [0.05, 0.1) is 0 Å². The Morgan fingerprint density at radius 2 is 1.00 bits per heavy atom. The summed E-state index contributed by atoms with van der Waals surface area (Å²) in [5.74, 6) is -1.69. The molecule has 0 aliphatic rings. The second kappa shape index (κ2) is 14.9. The van der Waals surface area contributed by atoms with Gasteiger partial charge in [-0.15, -0.1) is 0 Å². The first-order valence-corrected chi connectivity index (χ1v) is 9.64. The van der Waals surface area contributed by atoms with Crippen molar-refractivity contribution in [3.8, 4) is 0 Å². The van der Waals surface area contributed by atoms with Crippen LogP contribution in [-0.4, -0.2) is 69.7 Å². The summed E-state index contributed by atoms with van der Waals surface area (Å²) in [5.41, 5.74) is 0. The summed E-state index contributed by atoms with van der Waals surface area (Å²) < 4.78 is 0. The van der Waals surface area contributed by atoms with Crippen molar-refractivity contribution in [1.29, 1.82) is 0 Å². The second-order valence-corrected chi connectivity index (χ2v) is 6.57. The molecule has 0 aromatic rings. The second-order valence-electron chi connectivity index (χ2n) is 6.57. The Morgan fingerprint density at radius 3 is 1.31 bits per heavy atom. The van der Waals surface area contributed by atoms with Crippen LogP contribution in [0.1, 0.15) is 65.2 Å². The maximum Gasteiger partial charge on any atom is 0.251 e. The fourth-order valence-electron chi connectivity index (χ4n) is 2.42. The number of nitrogens with one attached hydrogen (secondary N) is 2. The summed E-state index contributed by atoms with van der Waals surface area (Å²) in [6.45, 7) is 4.82. The smallest absolute Gasteiger partial charge is 0.251 e. The van der Waals surface area contributed by atoms with E-state index < -0.39 is 36.2 Å². The van der Waals surface area contributed by atoms with Crippen molar-refractivity contribution >= 4 is 11.8 Å². The third-order valence-electron chi connectivity index (χ3n) is 4.19. The number of aliphatic hydroxyl groups is 4. The number of carbonyl (C=O) groups is 2. The summed E-state index contributed by atoms with van der Waals surface area (Å²) in [4.78, 5) is 23.5. The third kappa shape index (κ3) is 10.1. The van der Waals surface area contributed by atoms with Crippen LogP contribution in [0.25, 0.3) is 0 Å². The number of hydrogen-bond donors (Lipinski definition) is 6. The molecular formula is C18H36N2O6. The van der Waals surface area contributed by atoms with Crippen molar-refractivity contribution in [2.45, 2.75) is 89.6 Å². The minimum atomic E-state index is -1.97. The number of amides is 2. The van der Waals surface area contributed by atoms with Crippen molar-refractivity contribution in [2.24, 2.45) is 0 Å². The highest BCUT2D eigenvalue weighted by Gasteiger charge is 2.37. The van der Waals surface area contributed by atoms with Gasteiger partial charge < -0.3 is 31.1 Å². The van der Waals surface area contributed by atoms with Crippen molar-refractivity contribution in [1.82, 2.24) is 10.6 Å². The molecule has 2 amide bonds. The fourth-order valence-corrected chi connectivity index (χ4v) is 2.42. The number of carbonyl (C=O) groups excluding carboxylic acids is 2. The van der Waals surface area contributed by atoms with Crippen LogP contribution >= 0.6 is 0 Å². The molecule has 0 rings (SSSR count). The van der Waals surface area contributed by atoms with Gasteiger partial charge >= 0.3 is 0 Å². The van der Waals surface area contributed by atoms with Crippen LogP contribution in [0.5, 0.6) is 0 Å². The lowest BCUT2D eigenvalue weighted by molar-refractivity contribution is -0.155. The van der Waals surface area contributed by atoms with Gasteiger partial charge in [-0.25, -0.2) is 0 Å². The lowest BCUT2D eigenvalue weighted by Crippen LogP contribution is -2.54. The quantitative estimate of drug-likeness (QED) is 0.219. The highest BCUT2D eigenvalue weighted by molar-refractivity contribution is 5.83. The Kier molecular flexibility index (Phi) is 14.2. The number of unbranched alkanes of at least 4 members (excludes halogenated alkanes) is 6. The van der Waals surface area contributed by atoms with Crippen molar-refractivity contribution in [3.63, 3.8) is 0 Å². The van der Waals surface area contributed by atoms with E-state index in [2.05, 4.69) is 24.5 Å². The van der Waals surface area contributed by atoms with E-state index in [1.165, 1.54) is 0 Å². The third-order valence-corrected chi connectivity index (χ3v) is 4.19. The van der Waals surface area contributed by atoms with Crippen LogP contribution in [0.2, 0.25) is 0 Å². The highest BCUT2D eigenvalue weighted by atomic mass is 16.4. The van der Waals surface area contributed by atoms with Gasteiger partial charge in [-0.1, -0.05) is 52.4 Å². The number of hydrogen-bond acceptors (Lipinski definition) is 6. The van der Waals surface area contributed by atoms with E-state index >= 15 is 0 Å². The molecule has 0 aromatic heterocycles. The Morgan fingerprint density at radius 1 is 0.654 bits per heavy atom. The first-order valence-electron chi connectivity index (χ1n) is 9.64. The molecule has 0 fully saturated rings. The summed E-state index contributed by atoms with van der Waals surface area (Å²) in [6.07, 6.45) is -0.227. The monoisotopic (exact) mass is 376 g/mol. The summed E-state index contributed by atoms with van der Waals surface area (Å²) in [5, 5.41) is 44.2. The molecule has 0 aromatic carbocycles. The van der Waals surface area contributed by atoms with Gasteiger partial charge in [0.1, 0.15) is 12.2 Å². The Balaban J connectivity index is 4.24. The van der Waals surface area contributed by atoms with Crippen LogP contribution in [0, 0.1) is 0 Å². The zero-order chi connectivity index (χ0) is 19.9. The molecule has 0 spiro atoms. The van der Waals surface area contributed by atoms with E-state index in [4.69, 9.17) is 0 Å². The van der Waals surface area contributed by atoms with Crippen LogP contribution in [0.4, 0.5) is 0 Å². The van der Waals surface area contributed by atoms with Crippen LogP contribution < -0.4 is 10.6 Å². The Bertz CT molecular complexity index is 358. The molecular weight excluding hydrogens is 340 g/mol. The lowest BCUT2D eigenvalue weighted by Gasteiger charge is -2.25. The molecule has 0 heterocycles. The summed E-state index contributed by atoms with van der Waals surface area (Å²) in [6, 6.07) is 0. The van der Waals surface area contributed by atoms with Crippen LogP contribution in [0.15, 0.2) is 0 Å². The molecule has 0 aliphatic carbocycles. The van der Waals surface area contributed by atoms with Gasteiger partial charge in [-0.2, -0.15) is 0 Å². The van der Waals surface area contributed by atoms with Crippen molar-refractivity contribution in [2.75, 3.05) is 13.1 Å². The average molecular weight is 376 g/mol. The first-order chi connectivity index (χ1) is 12.4. The van der Waals surface area contributed by atoms with Gasteiger partial charge in [-0.05, 0) is 12.8 Å². The number of aliphatic hydroxyl groups excluding tert-OH is 4. The molecule has 0 saturated heterocycles. The molecule has 8 heteroatoms. The van der Waals surface area contributed by atoms with E-state index in [9.17, 15) is 30.0 Å². The van der Waals surface area contributed by atoms with E-state index in [-0.39, 0.29) is 0 Å². The van der Waals surface area contributed by atoms with Gasteiger partial charge in [0.25, 0.3) is 11.8 Å². The predicted octanol–water partition coefficient (Wildman–Crippen LogP) is -0.177. The van der Waals surface area contributed by atoms with E-state index in [0.717, 1.165) is 51.4 Å². The molecule has 0 unspecified atom stereocenters. The molecule has 0 aliphatic heterocycles. The summed E-state index contributed by atoms with van der Waals surface area (Å²) in [7, 11) is 0. The maximum atomic E-state index is 11.8. The van der Waals surface area contributed by atoms with Gasteiger partial charge in [0.15, 0.2) is 12.2 Å². The topological polar surface area (TPSA) is 139 Å². The number of rotatable bonds is 15. The molecule has 6 N–H and O–H groups in total. The first kappa shape index (κ1) is 24.8. The summed E-state index contributed by atoms with van der Waals surface area (Å²) >= 11 is 0. The minimum Gasteiger partial charge on any atom is -0.387 e. The Labute approximate surface area is 156 Å². The Hall–Kier alpha value is -1.22. The predicted molar refractivity (Wildman–Crippen MR) is 98.3 cm³/mol.